The molecular weight excluding hydrogens is 470 g/mol. The average Bonchev–Trinajstić information content (AvgIpc) is 3.46. The van der Waals surface area contributed by atoms with Crippen LogP contribution in [0.4, 0.5) is 0 Å². The van der Waals surface area contributed by atoms with Crippen molar-refractivity contribution in [1.82, 2.24) is 14.8 Å². The normalized spacial score (nSPS) is 20.3. The van der Waals surface area contributed by atoms with Gasteiger partial charge in [-0.2, -0.15) is 0 Å². The number of nitrogens with zero attached hydrogens (tertiary/aromatic N) is 4. The summed E-state index contributed by atoms with van der Waals surface area (Å²) in [6.45, 7) is 4.05. The van der Waals surface area contributed by atoms with Gasteiger partial charge in [-0.1, -0.05) is 56.0 Å². The van der Waals surface area contributed by atoms with Crippen LogP contribution in [-0.2, 0) is 21.6 Å². The number of fused-ring (bicyclic) bond motifs is 3. The third-order valence-corrected chi connectivity index (χ3v) is 8.17. The summed E-state index contributed by atoms with van der Waals surface area (Å²) in [5.74, 6) is 0.729. The number of hydrogen-bond donors (Lipinski definition) is 1. The average molecular weight is 498 g/mol. The first-order valence-electron chi connectivity index (χ1n) is 11.9. The van der Waals surface area contributed by atoms with Crippen LogP contribution in [0.5, 0.6) is 0 Å². The lowest BCUT2D eigenvalue weighted by molar-refractivity contribution is -0.150. The first kappa shape index (κ1) is 23.2. The summed E-state index contributed by atoms with van der Waals surface area (Å²) in [6.07, 6.45) is 6.47. The van der Waals surface area contributed by atoms with Gasteiger partial charge in [0.25, 0.3) is 5.66 Å². The molecule has 3 heterocycles. The third-order valence-electron chi connectivity index (χ3n) is 6.57. The van der Waals surface area contributed by atoms with E-state index >= 15 is 0 Å². The second kappa shape index (κ2) is 9.24. The van der Waals surface area contributed by atoms with Crippen LogP contribution in [0.2, 0.25) is 5.02 Å². The third kappa shape index (κ3) is 3.78. The maximum absolute atomic E-state index is 13.3. The lowest BCUT2D eigenvalue weighted by Gasteiger charge is -2.24. The molecule has 2 aliphatic rings. The van der Waals surface area contributed by atoms with Crippen LogP contribution in [0.3, 0.4) is 0 Å². The van der Waals surface area contributed by atoms with E-state index in [1.165, 1.54) is 11.3 Å². The molecule has 1 aliphatic carbocycles. The smallest absolute Gasteiger partial charge is 0.357 e. The summed E-state index contributed by atoms with van der Waals surface area (Å²) in [6, 6.07) is 9.60. The lowest BCUT2D eigenvalue weighted by Crippen LogP contribution is -2.47. The van der Waals surface area contributed by atoms with Crippen molar-refractivity contribution in [1.29, 1.82) is 0 Å². The Kier molecular flexibility index (Phi) is 6.31. The van der Waals surface area contributed by atoms with E-state index in [0.717, 1.165) is 48.5 Å². The van der Waals surface area contributed by atoms with E-state index in [1.54, 1.807) is 18.3 Å². The molecule has 7 nitrogen and oxygen atoms in total. The fourth-order valence-electron chi connectivity index (χ4n) is 4.83. The number of aromatic nitrogens is 3. The van der Waals surface area contributed by atoms with E-state index in [2.05, 4.69) is 23.2 Å². The van der Waals surface area contributed by atoms with Gasteiger partial charge in [0.1, 0.15) is 10.8 Å². The number of carbonyl (C=O) groups excluding carboxylic acids is 1. The Hall–Kier alpha value is -2.55. The van der Waals surface area contributed by atoms with E-state index in [4.69, 9.17) is 27.1 Å². The summed E-state index contributed by atoms with van der Waals surface area (Å²) in [4.78, 5) is 19.4. The monoisotopic (exact) mass is 497 g/mol. The van der Waals surface area contributed by atoms with Crippen LogP contribution in [0, 0.1) is 0 Å². The molecule has 1 saturated carbocycles. The van der Waals surface area contributed by atoms with E-state index in [0.29, 0.717) is 22.1 Å². The molecule has 9 heteroatoms. The Balaban J connectivity index is 1.82. The molecule has 178 valence electrons. The maximum Gasteiger partial charge on any atom is 0.357 e. The molecule has 0 amide bonds. The zero-order chi connectivity index (χ0) is 23.9. The Morgan fingerprint density at radius 1 is 1.21 bits per heavy atom. The molecule has 2 aromatic heterocycles. The first-order valence-corrected chi connectivity index (χ1v) is 13.1. The van der Waals surface area contributed by atoms with Gasteiger partial charge in [-0.05, 0) is 38.3 Å². The highest BCUT2D eigenvalue weighted by molar-refractivity contribution is 7.15. The number of aryl methyl sites for hydroxylation is 1. The van der Waals surface area contributed by atoms with Gasteiger partial charge in [-0.3, -0.25) is 10.3 Å². The Labute approximate surface area is 208 Å². The molecule has 1 fully saturated rings. The summed E-state index contributed by atoms with van der Waals surface area (Å²) in [5, 5.41) is 10.5. The van der Waals surface area contributed by atoms with Crippen molar-refractivity contribution < 1.29 is 9.53 Å². The molecule has 34 heavy (non-hydrogen) atoms. The number of halogens is 1. The highest BCUT2D eigenvalue weighted by Gasteiger charge is 2.47. The molecule has 1 aliphatic heterocycles. The predicted molar refractivity (Wildman–Crippen MR) is 134 cm³/mol. The van der Waals surface area contributed by atoms with E-state index in [9.17, 15) is 4.79 Å². The number of carbonyl (C=O) groups is 1. The Morgan fingerprint density at radius 3 is 2.68 bits per heavy atom. The number of aliphatic imine (C=N–C) groups is 1. The zero-order valence-electron chi connectivity index (χ0n) is 19.4. The van der Waals surface area contributed by atoms with Gasteiger partial charge in [-0.25, -0.2) is 9.79 Å². The number of hydrogen-bond acceptors (Lipinski definition) is 7. The van der Waals surface area contributed by atoms with Crippen LogP contribution in [0.25, 0.3) is 5.00 Å². The molecule has 0 spiro atoms. The van der Waals surface area contributed by atoms with Crippen LogP contribution >= 0.6 is 22.9 Å². The van der Waals surface area contributed by atoms with E-state index in [-0.39, 0.29) is 12.5 Å². The first-order chi connectivity index (χ1) is 16.5. The number of rotatable bonds is 5. The minimum Gasteiger partial charge on any atom is -0.463 e. The van der Waals surface area contributed by atoms with Crippen molar-refractivity contribution in [3.63, 3.8) is 0 Å². The van der Waals surface area contributed by atoms with Gasteiger partial charge < -0.3 is 4.74 Å². The van der Waals surface area contributed by atoms with Crippen LogP contribution in [-0.4, -0.2) is 33.1 Å². The fourth-order valence-corrected chi connectivity index (χ4v) is 6.16. The highest BCUT2D eigenvalue weighted by Crippen LogP contribution is 2.41. The number of ether oxygens (including phenoxy) is 1. The quantitative estimate of drug-likeness (QED) is 0.494. The summed E-state index contributed by atoms with van der Waals surface area (Å²) in [5.41, 5.74) is 7.11. The van der Waals surface area contributed by atoms with Crippen molar-refractivity contribution in [2.75, 3.05) is 6.61 Å². The van der Waals surface area contributed by atoms with Crippen LogP contribution in [0.1, 0.15) is 79.5 Å². The molecule has 5 rings (SSSR count). The molecule has 0 bridgehead atoms. The summed E-state index contributed by atoms with van der Waals surface area (Å²) in [7, 11) is 0. The van der Waals surface area contributed by atoms with Crippen LogP contribution < -0.4 is 5.73 Å². The summed E-state index contributed by atoms with van der Waals surface area (Å²) < 4.78 is 7.39. The highest BCUT2D eigenvalue weighted by atomic mass is 35.5. The second-order valence-electron chi connectivity index (χ2n) is 8.76. The minimum absolute atomic E-state index is 0.181. The molecule has 1 unspecified atom stereocenters. The SMILES string of the molecule is CCOC(=O)C1(N)N=C(c2ccccc2Cl)c2cc(CC)sc2-n2c(C3CCCCC3)nnc21. The Morgan fingerprint density at radius 2 is 1.97 bits per heavy atom. The van der Waals surface area contributed by atoms with Crippen molar-refractivity contribution >= 4 is 34.6 Å². The predicted octanol–water partition coefficient (Wildman–Crippen LogP) is 5.12. The van der Waals surface area contributed by atoms with Crippen molar-refractivity contribution in [3.05, 3.63) is 63.0 Å². The second-order valence-corrected chi connectivity index (χ2v) is 10.3. The van der Waals surface area contributed by atoms with E-state index < -0.39 is 11.6 Å². The van der Waals surface area contributed by atoms with Gasteiger partial charge in [0.05, 0.1) is 12.3 Å². The number of esters is 1. The maximum atomic E-state index is 13.3. The van der Waals surface area contributed by atoms with E-state index in [1.807, 2.05) is 28.8 Å². The number of nitrogens with two attached hydrogens (primary N) is 1. The number of thiophene rings is 1. The fraction of sp³-hybridized carbons (Fsp3) is 0.440. The topological polar surface area (TPSA) is 95.4 Å². The lowest BCUT2D eigenvalue weighted by atomic mass is 9.88. The number of benzene rings is 1. The van der Waals surface area contributed by atoms with Gasteiger partial charge in [0, 0.05) is 26.9 Å². The molecule has 0 saturated heterocycles. The van der Waals surface area contributed by atoms with Gasteiger partial charge >= 0.3 is 5.97 Å². The standard InChI is InChI=1S/C25H28ClN5O2S/c1-3-16-14-18-20(17-12-8-9-13-19(17)26)28-25(27,24(32)33-4-2)23-30-29-21(31(23)22(18)34-16)15-10-6-5-7-11-15/h8-9,12-15H,3-7,10-11,27H2,1-2H3. The molecule has 1 atom stereocenters. The van der Waals surface area contributed by atoms with Crippen molar-refractivity contribution in [2.45, 2.75) is 64.0 Å². The summed E-state index contributed by atoms with van der Waals surface area (Å²) >= 11 is 8.28. The van der Waals surface area contributed by atoms with Crippen LogP contribution in [0.15, 0.2) is 35.3 Å². The van der Waals surface area contributed by atoms with Crippen molar-refractivity contribution in [3.8, 4) is 5.00 Å². The van der Waals surface area contributed by atoms with Crippen molar-refractivity contribution in [2.24, 2.45) is 10.7 Å². The Bertz CT molecular complexity index is 1260. The molecule has 0 radical (unpaired) electrons. The largest absolute Gasteiger partial charge is 0.463 e. The van der Waals surface area contributed by atoms with Gasteiger partial charge in [-0.15, -0.1) is 21.5 Å². The van der Waals surface area contributed by atoms with Gasteiger partial charge in [0.15, 0.2) is 5.82 Å². The molecule has 2 N–H and O–H groups in total. The minimum atomic E-state index is -1.85. The molecule has 1 aromatic carbocycles. The zero-order valence-corrected chi connectivity index (χ0v) is 21.0. The molecule has 3 aromatic rings. The van der Waals surface area contributed by atoms with Gasteiger partial charge in [0.2, 0.25) is 0 Å². The molecular formula is C25H28ClN5O2S.